The third-order valence-corrected chi connectivity index (χ3v) is 4.84. The summed E-state index contributed by atoms with van der Waals surface area (Å²) in [7, 11) is -3.60. The first-order valence-corrected chi connectivity index (χ1v) is 9.18. The second kappa shape index (κ2) is 5.91. The van der Waals surface area contributed by atoms with Gasteiger partial charge in [0, 0.05) is 43.1 Å². The SMILES string of the molecule is CS(=O)(=O)c1nc2c(c(=O)[nH]1)CCN(Cc1ccc(O)cc1O)C2. The van der Waals surface area contributed by atoms with Gasteiger partial charge in [-0.25, -0.2) is 13.4 Å². The fraction of sp³-hybridized carbons (Fsp3) is 0.333. The molecule has 0 saturated carbocycles. The van der Waals surface area contributed by atoms with Gasteiger partial charge in [0.2, 0.25) is 15.0 Å². The first kappa shape index (κ1) is 16.5. The molecule has 1 aliphatic heterocycles. The van der Waals surface area contributed by atoms with Crippen molar-refractivity contribution in [2.45, 2.75) is 24.7 Å². The Labute approximate surface area is 138 Å². The third kappa shape index (κ3) is 3.26. The molecule has 1 aliphatic rings. The largest absolute Gasteiger partial charge is 0.508 e. The standard InChI is InChI=1S/C15H17N3O5S/c1-24(22,23)15-16-12-8-18(5-4-11(12)14(21)17-15)7-9-2-3-10(19)6-13(9)20/h2-3,6,19-20H,4-5,7-8H2,1H3,(H,16,17,21). The van der Waals surface area contributed by atoms with Crippen molar-refractivity contribution < 1.29 is 18.6 Å². The van der Waals surface area contributed by atoms with E-state index >= 15 is 0 Å². The Morgan fingerprint density at radius 3 is 2.75 bits per heavy atom. The van der Waals surface area contributed by atoms with Gasteiger partial charge >= 0.3 is 0 Å². The lowest BCUT2D eigenvalue weighted by Crippen LogP contribution is -2.35. The molecule has 3 rings (SSSR count). The maximum Gasteiger partial charge on any atom is 0.255 e. The third-order valence-electron chi connectivity index (χ3n) is 3.94. The molecule has 128 valence electrons. The highest BCUT2D eigenvalue weighted by atomic mass is 32.2. The highest BCUT2D eigenvalue weighted by Crippen LogP contribution is 2.25. The normalized spacial score (nSPS) is 15.2. The highest BCUT2D eigenvalue weighted by molar-refractivity contribution is 7.90. The summed E-state index contributed by atoms with van der Waals surface area (Å²) in [6.45, 7) is 1.28. The van der Waals surface area contributed by atoms with E-state index in [1.807, 2.05) is 4.90 Å². The molecule has 0 amide bonds. The van der Waals surface area contributed by atoms with Crippen molar-refractivity contribution in [1.29, 1.82) is 0 Å². The maximum absolute atomic E-state index is 12.0. The molecule has 0 unspecified atom stereocenters. The summed E-state index contributed by atoms with van der Waals surface area (Å²) in [6, 6.07) is 4.36. The monoisotopic (exact) mass is 351 g/mol. The van der Waals surface area contributed by atoms with E-state index in [0.717, 1.165) is 6.26 Å². The number of nitrogens with one attached hydrogen (secondary N) is 1. The first-order chi connectivity index (χ1) is 11.2. The predicted octanol–water partition coefficient (Wildman–Crippen LogP) is 0.143. The van der Waals surface area contributed by atoms with Gasteiger partial charge in [-0.15, -0.1) is 0 Å². The second-order valence-electron chi connectivity index (χ2n) is 5.84. The minimum Gasteiger partial charge on any atom is -0.508 e. The fourth-order valence-corrected chi connectivity index (χ4v) is 3.26. The van der Waals surface area contributed by atoms with Crippen molar-refractivity contribution in [2.24, 2.45) is 0 Å². The van der Waals surface area contributed by atoms with Crippen molar-refractivity contribution in [3.8, 4) is 11.5 Å². The van der Waals surface area contributed by atoms with E-state index in [4.69, 9.17) is 0 Å². The van der Waals surface area contributed by atoms with Crippen LogP contribution in [0.1, 0.15) is 16.8 Å². The zero-order valence-corrected chi connectivity index (χ0v) is 13.8. The van der Waals surface area contributed by atoms with Crippen LogP contribution in [0.15, 0.2) is 28.2 Å². The summed E-state index contributed by atoms with van der Waals surface area (Å²) >= 11 is 0. The first-order valence-electron chi connectivity index (χ1n) is 7.29. The number of nitrogens with zero attached hydrogens (tertiary/aromatic N) is 2. The lowest BCUT2D eigenvalue weighted by atomic mass is 10.1. The Morgan fingerprint density at radius 1 is 1.33 bits per heavy atom. The van der Waals surface area contributed by atoms with Crippen molar-refractivity contribution in [2.75, 3.05) is 12.8 Å². The average Bonchev–Trinajstić information content (AvgIpc) is 2.49. The number of hydrogen-bond donors (Lipinski definition) is 3. The van der Waals surface area contributed by atoms with E-state index < -0.39 is 15.4 Å². The van der Waals surface area contributed by atoms with E-state index in [0.29, 0.717) is 42.9 Å². The summed E-state index contributed by atoms with van der Waals surface area (Å²) in [5, 5.41) is 18.9. The lowest BCUT2D eigenvalue weighted by molar-refractivity contribution is 0.236. The molecule has 3 N–H and O–H groups in total. The molecule has 2 heterocycles. The highest BCUT2D eigenvalue weighted by Gasteiger charge is 2.24. The van der Waals surface area contributed by atoms with Gasteiger partial charge < -0.3 is 10.2 Å². The Bertz CT molecular complexity index is 952. The van der Waals surface area contributed by atoms with E-state index in [9.17, 15) is 23.4 Å². The van der Waals surface area contributed by atoms with Crippen LogP contribution in [-0.2, 0) is 29.3 Å². The molecule has 1 aromatic heterocycles. The van der Waals surface area contributed by atoms with Crippen LogP contribution < -0.4 is 5.56 Å². The quantitative estimate of drug-likeness (QED) is 0.672. The number of aromatic nitrogens is 2. The number of aromatic hydroxyl groups is 2. The summed E-state index contributed by atoms with van der Waals surface area (Å²) in [4.78, 5) is 20.4. The van der Waals surface area contributed by atoms with Gasteiger partial charge in [-0.2, -0.15) is 0 Å². The van der Waals surface area contributed by atoms with Crippen LogP contribution in [0.3, 0.4) is 0 Å². The zero-order valence-electron chi connectivity index (χ0n) is 13.0. The van der Waals surface area contributed by atoms with Crippen molar-refractivity contribution in [3.63, 3.8) is 0 Å². The van der Waals surface area contributed by atoms with E-state index in [1.54, 1.807) is 6.07 Å². The number of H-pyrrole nitrogens is 1. The van der Waals surface area contributed by atoms with Crippen LogP contribution in [0.25, 0.3) is 0 Å². The van der Waals surface area contributed by atoms with Crippen LogP contribution in [0.5, 0.6) is 11.5 Å². The topological polar surface area (TPSA) is 124 Å². The number of phenols is 2. The molecule has 1 aromatic carbocycles. The van der Waals surface area contributed by atoms with E-state index in [-0.39, 0.29) is 16.7 Å². The van der Waals surface area contributed by atoms with Gasteiger partial charge in [-0.3, -0.25) is 14.7 Å². The number of phenolic OH excluding ortho intramolecular Hbond substituents is 2. The smallest absolute Gasteiger partial charge is 0.255 e. The number of sulfone groups is 1. The Kier molecular flexibility index (Phi) is 4.06. The molecule has 2 aromatic rings. The minimum absolute atomic E-state index is 0.0171. The van der Waals surface area contributed by atoms with Crippen LogP contribution in [0.2, 0.25) is 0 Å². The molecule has 0 radical (unpaired) electrons. The summed E-state index contributed by atoms with van der Waals surface area (Å²) in [6.07, 6.45) is 1.44. The van der Waals surface area contributed by atoms with E-state index in [1.165, 1.54) is 12.1 Å². The Hall–Kier alpha value is -2.39. The Morgan fingerprint density at radius 2 is 2.08 bits per heavy atom. The van der Waals surface area contributed by atoms with Gasteiger partial charge in [0.15, 0.2) is 0 Å². The van der Waals surface area contributed by atoms with Gasteiger partial charge in [0.25, 0.3) is 5.56 Å². The van der Waals surface area contributed by atoms with Gasteiger partial charge in [-0.1, -0.05) is 6.07 Å². The average molecular weight is 351 g/mol. The summed E-state index contributed by atoms with van der Waals surface area (Å²) in [5.74, 6) is -0.0391. The number of aromatic amines is 1. The van der Waals surface area contributed by atoms with Gasteiger partial charge in [-0.05, 0) is 12.5 Å². The number of benzene rings is 1. The molecule has 0 saturated heterocycles. The van der Waals surface area contributed by atoms with Crippen molar-refractivity contribution in [3.05, 3.63) is 45.4 Å². The van der Waals surface area contributed by atoms with Crippen LogP contribution in [-0.4, -0.2) is 46.3 Å². The molecule has 0 atom stereocenters. The summed E-state index contributed by atoms with van der Waals surface area (Å²) < 4.78 is 23.2. The van der Waals surface area contributed by atoms with Crippen LogP contribution in [0.4, 0.5) is 0 Å². The van der Waals surface area contributed by atoms with Gasteiger partial charge in [0.1, 0.15) is 11.5 Å². The zero-order chi connectivity index (χ0) is 17.5. The molecular formula is C15H17N3O5S. The molecule has 0 fully saturated rings. The molecule has 8 nitrogen and oxygen atoms in total. The molecule has 24 heavy (non-hydrogen) atoms. The van der Waals surface area contributed by atoms with Crippen LogP contribution in [0, 0.1) is 0 Å². The minimum atomic E-state index is -3.60. The molecule has 0 spiro atoms. The number of fused-ring (bicyclic) bond motifs is 1. The lowest BCUT2D eigenvalue weighted by Gasteiger charge is -2.27. The fourth-order valence-electron chi connectivity index (χ4n) is 2.71. The van der Waals surface area contributed by atoms with Crippen molar-refractivity contribution >= 4 is 9.84 Å². The number of hydrogen-bond acceptors (Lipinski definition) is 7. The predicted molar refractivity (Wildman–Crippen MR) is 85.6 cm³/mol. The maximum atomic E-state index is 12.0. The van der Waals surface area contributed by atoms with Crippen LogP contribution >= 0.6 is 0 Å². The second-order valence-corrected chi connectivity index (χ2v) is 7.77. The Balaban J connectivity index is 1.88. The van der Waals surface area contributed by atoms with Crippen molar-refractivity contribution in [1.82, 2.24) is 14.9 Å². The molecule has 0 bridgehead atoms. The summed E-state index contributed by atoms with van der Waals surface area (Å²) in [5.41, 5.74) is 1.13. The molecule has 9 heteroatoms. The van der Waals surface area contributed by atoms with E-state index in [2.05, 4.69) is 9.97 Å². The molecule has 0 aliphatic carbocycles. The van der Waals surface area contributed by atoms with Gasteiger partial charge in [0.05, 0.1) is 5.69 Å². The number of rotatable bonds is 3. The molecular weight excluding hydrogens is 334 g/mol.